The molecule has 0 spiro atoms. The smallest absolute Gasteiger partial charge is 0.252 e. The van der Waals surface area contributed by atoms with Crippen molar-refractivity contribution >= 4 is 17.6 Å². The molecule has 0 atom stereocenters. The largest absolute Gasteiger partial charge is 0.353 e. The lowest BCUT2D eigenvalue weighted by Crippen LogP contribution is -2.49. The summed E-state index contributed by atoms with van der Waals surface area (Å²) in [6.45, 7) is 6.52. The lowest BCUT2D eigenvalue weighted by Gasteiger charge is -2.35. The van der Waals surface area contributed by atoms with Crippen LogP contribution in [-0.2, 0) is 11.3 Å². The van der Waals surface area contributed by atoms with Crippen molar-refractivity contribution in [1.82, 2.24) is 24.8 Å². The summed E-state index contributed by atoms with van der Waals surface area (Å²) >= 11 is 0. The number of carbonyl (C=O) groups excluding carboxylic acids is 2. The molecule has 0 aromatic carbocycles. The Labute approximate surface area is 171 Å². The van der Waals surface area contributed by atoms with E-state index in [1.54, 1.807) is 18.7 Å². The summed E-state index contributed by atoms with van der Waals surface area (Å²) in [6, 6.07) is 3.70. The number of rotatable bonds is 9. The van der Waals surface area contributed by atoms with Gasteiger partial charge in [-0.15, -0.1) is 0 Å². The fraction of sp³-hybridized carbons (Fsp3) is 0.524. The van der Waals surface area contributed by atoms with Gasteiger partial charge in [0.15, 0.2) is 0 Å². The van der Waals surface area contributed by atoms with Crippen LogP contribution in [0.5, 0.6) is 0 Å². The molecule has 3 heterocycles. The van der Waals surface area contributed by atoms with E-state index in [1.165, 1.54) is 0 Å². The van der Waals surface area contributed by atoms with Crippen LogP contribution in [0, 0.1) is 0 Å². The van der Waals surface area contributed by atoms with E-state index in [4.69, 9.17) is 0 Å². The highest BCUT2D eigenvalue weighted by molar-refractivity contribution is 5.94. The third-order valence-electron chi connectivity index (χ3n) is 5.15. The normalized spacial score (nSPS) is 14.1. The minimum atomic E-state index is -0.110. The fourth-order valence-electron chi connectivity index (χ4n) is 3.36. The van der Waals surface area contributed by atoms with Gasteiger partial charge in [-0.05, 0) is 25.0 Å². The van der Waals surface area contributed by atoms with E-state index < -0.39 is 0 Å². The Morgan fingerprint density at radius 1 is 1.14 bits per heavy atom. The maximum atomic E-state index is 12.3. The SMILES string of the molecule is CCCCC(=O)N1CCN(c2ccc(C(=O)NCCCn3ccnc3)cn2)CC1. The van der Waals surface area contributed by atoms with Gasteiger partial charge in [-0.2, -0.15) is 0 Å². The van der Waals surface area contributed by atoms with Gasteiger partial charge in [0.25, 0.3) is 5.91 Å². The average molecular weight is 399 g/mol. The fourth-order valence-corrected chi connectivity index (χ4v) is 3.36. The number of hydrogen-bond donors (Lipinski definition) is 1. The molecular weight excluding hydrogens is 368 g/mol. The molecule has 1 aliphatic rings. The van der Waals surface area contributed by atoms with Crippen LogP contribution in [0.15, 0.2) is 37.1 Å². The molecule has 1 aliphatic heterocycles. The Kier molecular flexibility index (Phi) is 7.61. The maximum Gasteiger partial charge on any atom is 0.252 e. The van der Waals surface area contributed by atoms with Crippen LogP contribution >= 0.6 is 0 Å². The molecule has 1 fully saturated rings. The van der Waals surface area contributed by atoms with Crippen LogP contribution in [-0.4, -0.2) is 64.0 Å². The first-order valence-electron chi connectivity index (χ1n) is 10.4. The molecule has 8 nitrogen and oxygen atoms in total. The molecule has 0 aliphatic carbocycles. The van der Waals surface area contributed by atoms with Gasteiger partial charge in [-0.1, -0.05) is 13.3 Å². The summed E-state index contributed by atoms with van der Waals surface area (Å²) in [5.74, 6) is 0.989. The number of aromatic nitrogens is 3. The minimum absolute atomic E-state index is 0.110. The van der Waals surface area contributed by atoms with Crippen molar-refractivity contribution in [2.45, 2.75) is 39.2 Å². The summed E-state index contributed by atoms with van der Waals surface area (Å²) in [5, 5.41) is 2.92. The highest BCUT2D eigenvalue weighted by Gasteiger charge is 2.21. The van der Waals surface area contributed by atoms with Crippen molar-refractivity contribution in [2.75, 3.05) is 37.6 Å². The number of imidazole rings is 1. The first-order valence-corrected chi connectivity index (χ1v) is 10.4. The Morgan fingerprint density at radius 2 is 1.97 bits per heavy atom. The van der Waals surface area contributed by atoms with Crippen molar-refractivity contribution in [3.63, 3.8) is 0 Å². The monoisotopic (exact) mass is 398 g/mol. The van der Waals surface area contributed by atoms with E-state index in [-0.39, 0.29) is 11.8 Å². The van der Waals surface area contributed by atoms with Crippen LogP contribution in [0.1, 0.15) is 43.0 Å². The number of pyridine rings is 1. The lowest BCUT2D eigenvalue weighted by atomic mass is 10.2. The first kappa shape index (κ1) is 20.8. The van der Waals surface area contributed by atoms with Gasteiger partial charge in [0, 0.05) is 64.3 Å². The summed E-state index contributed by atoms with van der Waals surface area (Å²) in [6.07, 6.45) is 10.5. The minimum Gasteiger partial charge on any atom is -0.353 e. The maximum absolute atomic E-state index is 12.3. The molecule has 8 heteroatoms. The van der Waals surface area contributed by atoms with Crippen LogP contribution in [0.3, 0.4) is 0 Å². The number of carbonyl (C=O) groups is 2. The zero-order valence-corrected chi connectivity index (χ0v) is 17.1. The molecule has 156 valence electrons. The van der Waals surface area contributed by atoms with Crippen LogP contribution in [0.4, 0.5) is 5.82 Å². The Hall–Kier alpha value is -2.90. The standard InChI is InChI=1S/C21H30N6O2/c1-2-3-5-20(28)27-14-12-26(13-15-27)19-7-6-18(16-24-19)21(29)23-8-4-10-25-11-9-22-17-25/h6-7,9,11,16-17H,2-5,8,10,12-15H2,1H3,(H,23,29). The average Bonchev–Trinajstić information content (AvgIpc) is 3.29. The van der Waals surface area contributed by atoms with Gasteiger partial charge in [0.2, 0.25) is 5.91 Å². The second kappa shape index (κ2) is 10.6. The van der Waals surface area contributed by atoms with Crippen molar-refractivity contribution < 1.29 is 9.59 Å². The summed E-state index contributed by atoms with van der Waals surface area (Å²) < 4.78 is 1.99. The lowest BCUT2D eigenvalue weighted by molar-refractivity contribution is -0.131. The molecule has 0 bridgehead atoms. The van der Waals surface area contributed by atoms with Crippen molar-refractivity contribution in [1.29, 1.82) is 0 Å². The third kappa shape index (κ3) is 6.04. The van der Waals surface area contributed by atoms with Crippen LogP contribution in [0.2, 0.25) is 0 Å². The number of hydrogen-bond acceptors (Lipinski definition) is 5. The number of amides is 2. The predicted molar refractivity (Wildman–Crippen MR) is 112 cm³/mol. The molecule has 29 heavy (non-hydrogen) atoms. The van der Waals surface area contributed by atoms with Gasteiger partial charge >= 0.3 is 0 Å². The van der Waals surface area contributed by atoms with Gasteiger partial charge in [0.05, 0.1) is 11.9 Å². The van der Waals surface area contributed by atoms with Crippen molar-refractivity contribution in [3.8, 4) is 0 Å². The van der Waals surface area contributed by atoms with E-state index in [0.29, 0.717) is 18.5 Å². The Morgan fingerprint density at radius 3 is 2.62 bits per heavy atom. The van der Waals surface area contributed by atoms with Gasteiger partial charge < -0.3 is 19.7 Å². The van der Waals surface area contributed by atoms with E-state index in [0.717, 1.165) is 57.8 Å². The molecule has 2 aromatic heterocycles. The molecule has 2 amide bonds. The molecule has 0 saturated carbocycles. The molecular formula is C21H30N6O2. The second-order valence-electron chi connectivity index (χ2n) is 7.29. The number of piperazine rings is 1. The number of aryl methyl sites for hydroxylation is 1. The zero-order chi connectivity index (χ0) is 20.5. The number of nitrogens with zero attached hydrogens (tertiary/aromatic N) is 5. The molecule has 3 rings (SSSR count). The Bertz CT molecular complexity index is 767. The molecule has 0 unspecified atom stereocenters. The topological polar surface area (TPSA) is 83.4 Å². The van der Waals surface area contributed by atoms with E-state index in [9.17, 15) is 9.59 Å². The molecule has 2 aromatic rings. The van der Waals surface area contributed by atoms with Crippen molar-refractivity contribution in [3.05, 3.63) is 42.6 Å². The van der Waals surface area contributed by atoms with Gasteiger partial charge in [0.1, 0.15) is 5.82 Å². The number of nitrogens with one attached hydrogen (secondary N) is 1. The molecule has 1 saturated heterocycles. The van der Waals surface area contributed by atoms with Crippen LogP contribution in [0.25, 0.3) is 0 Å². The molecule has 0 radical (unpaired) electrons. The number of anilines is 1. The van der Waals surface area contributed by atoms with E-state index in [2.05, 4.69) is 27.1 Å². The van der Waals surface area contributed by atoms with Crippen molar-refractivity contribution in [2.24, 2.45) is 0 Å². The zero-order valence-electron chi connectivity index (χ0n) is 17.1. The van der Waals surface area contributed by atoms with Gasteiger partial charge in [-0.3, -0.25) is 9.59 Å². The highest BCUT2D eigenvalue weighted by atomic mass is 16.2. The van der Waals surface area contributed by atoms with Gasteiger partial charge in [-0.25, -0.2) is 9.97 Å². The Balaban J connectivity index is 1.41. The molecule has 1 N–H and O–H groups in total. The summed E-state index contributed by atoms with van der Waals surface area (Å²) in [5.41, 5.74) is 0.560. The van der Waals surface area contributed by atoms with E-state index in [1.807, 2.05) is 27.8 Å². The third-order valence-corrected chi connectivity index (χ3v) is 5.15. The highest BCUT2D eigenvalue weighted by Crippen LogP contribution is 2.15. The first-order chi connectivity index (χ1) is 14.2. The summed E-state index contributed by atoms with van der Waals surface area (Å²) in [4.78, 5) is 37.0. The second-order valence-corrected chi connectivity index (χ2v) is 7.29. The summed E-state index contributed by atoms with van der Waals surface area (Å²) in [7, 11) is 0. The number of unbranched alkanes of at least 4 members (excludes halogenated alkanes) is 1. The quantitative estimate of drug-likeness (QED) is 0.653. The van der Waals surface area contributed by atoms with Crippen LogP contribution < -0.4 is 10.2 Å². The predicted octanol–water partition coefficient (Wildman–Crippen LogP) is 1.94. The van der Waals surface area contributed by atoms with E-state index >= 15 is 0 Å².